The van der Waals surface area contributed by atoms with Gasteiger partial charge in [0.15, 0.2) is 0 Å². The van der Waals surface area contributed by atoms with Crippen LogP contribution in [0.4, 0.5) is 0 Å². The van der Waals surface area contributed by atoms with Crippen LogP contribution in [-0.4, -0.2) is 51.8 Å². The number of carbonyl (C=O) groups is 2. The molecule has 1 aromatic rings. The summed E-state index contributed by atoms with van der Waals surface area (Å²) in [5.41, 5.74) is 0.988. The second kappa shape index (κ2) is 6.09. The van der Waals surface area contributed by atoms with Crippen molar-refractivity contribution in [3.63, 3.8) is 0 Å². The van der Waals surface area contributed by atoms with E-state index in [1.165, 1.54) is 30.6 Å². The highest BCUT2D eigenvalue weighted by Gasteiger charge is 2.31. The molecule has 2 rings (SSSR count). The van der Waals surface area contributed by atoms with Crippen molar-refractivity contribution in [3.8, 4) is 0 Å². The van der Waals surface area contributed by atoms with Crippen LogP contribution in [0.25, 0.3) is 0 Å². The molecule has 0 spiro atoms. The predicted octanol–water partition coefficient (Wildman–Crippen LogP) is 1.48. The average molecular weight is 292 g/mol. The summed E-state index contributed by atoms with van der Waals surface area (Å²) in [7, 11) is 1.50. The molecule has 0 aromatic heterocycles. The van der Waals surface area contributed by atoms with E-state index in [4.69, 9.17) is 5.11 Å². The molecule has 1 aromatic carbocycles. The van der Waals surface area contributed by atoms with Gasteiger partial charge in [-0.2, -0.15) is 0 Å². The molecule has 0 bridgehead atoms. The molecule has 106 valence electrons. The van der Waals surface area contributed by atoms with Crippen molar-refractivity contribution in [3.05, 3.63) is 35.9 Å². The molecule has 2 atom stereocenters. The number of likely N-dealkylation sites (N-methyl/N-ethyl adjacent to an activating group) is 1. The molecular weight excluding hydrogens is 276 g/mol. The van der Waals surface area contributed by atoms with Crippen LogP contribution in [-0.2, 0) is 9.59 Å². The van der Waals surface area contributed by atoms with Crippen molar-refractivity contribution in [1.82, 2.24) is 4.90 Å². The Morgan fingerprint density at radius 2 is 2.05 bits per heavy atom. The first-order valence-corrected chi connectivity index (χ1v) is 7.24. The van der Waals surface area contributed by atoms with Gasteiger partial charge >= 0.3 is 5.97 Å². The van der Waals surface area contributed by atoms with Gasteiger partial charge in [0.2, 0.25) is 5.91 Å². The van der Waals surface area contributed by atoms with E-state index in [0.717, 1.165) is 10.6 Å². The maximum atomic E-state index is 12.2. The van der Waals surface area contributed by atoms with Gasteiger partial charge in [-0.25, -0.2) is 4.79 Å². The fourth-order valence-corrected chi connectivity index (χ4v) is 2.87. The van der Waals surface area contributed by atoms with Crippen LogP contribution >= 0.6 is 11.8 Å². The summed E-state index contributed by atoms with van der Waals surface area (Å²) in [5, 5.41) is 9.77. The Hall–Kier alpha value is -1.82. The Morgan fingerprint density at radius 3 is 2.65 bits per heavy atom. The summed E-state index contributed by atoms with van der Waals surface area (Å²) < 4.78 is 0. The van der Waals surface area contributed by atoms with E-state index in [1.54, 1.807) is 0 Å². The highest BCUT2D eigenvalue weighted by atomic mass is 32.2. The fraction of sp³-hybridized carbons (Fsp3) is 0.357. The molecule has 20 heavy (non-hydrogen) atoms. The molecule has 5 nitrogen and oxygen atoms in total. The topological polar surface area (TPSA) is 70.0 Å². The molecule has 0 radical (unpaired) electrons. The number of nitrogens with zero attached hydrogens (tertiary/aromatic N) is 2. The molecule has 1 aliphatic rings. The molecular formula is C14H16N2O3S. The molecule has 0 fully saturated rings. The third-order valence-electron chi connectivity index (χ3n) is 3.24. The highest BCUT2D eigenvalue weighted by Crippen LogP contribution is 2.24. The number of aliphatic imine (C=N–C) groups is 1. The number of carboxylic acid groups (broad SMARTS) is 1. The second-order valence-electron chi connectivity index (χ2n) is 4.59. The lowest BCUT2D eigenvalue weighted by atomic mass is 10.2. The van der Waals surface area contributed by atoms with Gasteiger partial charge in [0, 0.05) is 18.4 Å². The number of aliphatic carboxylic acids is 1. The van der Waals surface area contributed by atoms with Crippen molar-refractivity contribution < 1.29 is 14.7 Å². The molecule has 1 aliphatic heterocycles. The first kappa shape index (κ1) is 14.6. The average Bonchev–Trinajstić information content (AvgIpc) is 2.95. The van der Waals surface area contributed by atoms with Gasteiger partial charge in [-0.1, -0.05) is 30.3 Å². The van der Waals surface area contributed by atoms with Crippen LogP contribution in [0.1, 0.15) is 12.5 Å². The zero-order chi connectivity index (χ0) is 14.7. The number of hydrogen-bond donors (Lipinski definition) is 1. The van der Waals surface area contributed by atoms with Crippen LogP contribution in [0.5, 0.6) is 0 Å². The van der Waals surface area contributed by atoms with Crippen LogP contribution in [0, 0.1) is 0 Å². The third kappa shape index (κ3) is 3.01. The Kier molecular flexibility index (Phi) is 4.44. The molecule has 0 saturated heterocycles. The van der Waals surface area contributed by atoms with E-state index in [2.05, 4.69) is 4.99 Å². The predicted molar refractivity (Wildman–Crippen MR) is 79.1 cm³/mol. The minimum atomic E-state index is -1.02. The minimum absolute atomic E-state index is 0.252. The van der Waals surface area contributed by atoms with Crippen molar-refractivity contribution in [2.75, 3.05) is 12.8 Å². The van der Waals surface area contributed by atoms with E-state index in [9.17, 15) is 9.59 Å². The lowest BCUT2D eigenvalue weighted by Gasteiger charge is -2.23. The zero-order valence-electron chi connectivity index (χ0n) is 11.3. The number of carbonyl (C=O) groups excluding carboxylic acids is 1. The monoisotopic (exact) mass is 292 g/mol. The maximum absolute atomic E-state index is 12.2. The smallest absolute Gasteiger partial charge is 0.326 e. The van der Waals surface area contributed by atoms with E-state index < -0.39 is 18.1 Å². The van der Waals surface area contributed by atoms with E-state index in [1.807, 2.05) is 30.3 Å². The number of amides is 1. The molecule has 1 heterocycles. The molecule has 0 saturated carbocycles. The van der Waals surface area contributed by atoms with Gasteiger partial charge in [0.05, 0.1) is 5.04 Å². The van der Waals surface area contributed by atoms with E-state index >= 15 is 0 Å². The summed E-state index contributed by atoms with van der Waals surface area (Å²) in [4.78, 5) is 28.8. The zero-order valence-corrected chi connectivity index (χ0v) is 12.1. The first-order valence-electron chi connectivity index (χ1n) is 6.26. The van der Waals surface area contributed by atoms with Crippen molar-refractivity contribution in [1.29, 1.82) is 0 Å². The molecule has 1 N–H and O–H groups in total. The third-order valence-corrected chi connectivity index (χ3v) is 4.34. The summed E-state index contributed by atoms with van der Waals surface area (Å²) in [6.07, 6.45) is 0. The molecule has 6 heteroatoms. The summed E-state index contributed by atoms with van der Waals surface area (Å²) >= 11 is 1.52. The van der Waals surface area contributed by atoms with E-state index in [0.29, 0.717) is 5.75 Å². The molecule has 2 unspecified atom stereocenters. The van der Waals surface area contributed by atoms with Crippen molar-refractivity contribution >= 4 is 28.7 Å². The van der Waals surface area contributed by atoms with Crippen LogP contribution in [0.2, 0.25) is 0 Å². The van der Waals surface area contributed by atoms with Crippen LogP contribution in [0.3, 0.4) is 0 Å². The summed E-state index contributed by atoms with van der Waals surface area (Å²) in [6, 6.07) is 8.32. The standard InChI is InChI=1S/C14H16N2O3S/c1-9(14(18)19)16(2)13(17)11-8-20-12(15-11)10-6-4-3-5-7-10/h3-7,9,11H,8H2,1-2H3,(H,18,19). The van der Waals surface area contributed by atoms with Crippen LogP contribution in [0.15, 0.2) is 35.3 Å². The number of hydrogen-bond acceptors (Lipinski definition) is 4. The van der Waals surface area contributed by atoms with Crippen LogP contribution < -0.4 is 0 Å². The summed E-state index contributed by atoms with van der Waals surface area (Å²) in [5.74, 6) is -0.711. The lowest BCUT2D eigenvalue weighted by molar-refractivity contribution is -0.148. The van der Waals surface area contributed by atoms with Gasteiger partial charge in [-0.05, 0) is 6.92 Å². The largest absolute Gasteiger partial charge is 0.480 e. The second-order valence-corrected chi connectivity index (χ2v) is 5.60. The van der Waals surface area contributed by atoms with Crippen molar-refractivity contribution in [2.45, 2.75) is 19.0 Å². The fourth-order valence-electron chi connectivity index (χ4n) is 1.83. The minimum Gasteiger partial charge on any atom is -0.480 e. The van der Waals surface area contributed by atoms with E-state index in [-0.39, 0.29) is 5.91 Å². The highest BCUT2D eigenvalue weighted by molar-refractivity contribution is 8.14. The summed E-state index contributed by atoms with van der Waals surface area (Å²) in [6.45, 7) is 1.49. The van der Waals surface area contributed by atoms with Crippen molar-refractivity contribution in [2.24, 2.45) is 4.99 Å². The first-order chi connectivity index (χ1) is 9.50. The number of thioether (sulfide) groups is 1. The SMILES string of the molecule is CC(C(=O)O)N(C)C(=O)C1CSC(c2ccccc2)=N1. The van der Waals surface area contributed by atoms with Gasteiger partial charge in [0.1, 0.15) is 12.1 Å². The lowest BCUT2D eigenvalue weighted by Crippen LogP contribution is -2.44. The molecule has 0 aliphatic carbocycles. The van der Waals surface area contributed by atoms with Gasteiger partial charge in [-0.3, -0.25) is 9.79 Å². The Bertz CT molecular complexity index is 545. The number of benzene rings is 1. The van der Waals surface area contributed by atoms with Gasteiger partial charge in [-0.15, -0.1) is 11.8 Å². The quantitative estimate of drug-likeness (QED) is 0.912. The van der Waals surface area contributed by atoms with Gasteiger partial charge in [0.25, 0.3) is 0 Å². The van der Waals surface area contributed by atoms with Gasteiger partial charge < -0.3 is 10.0 Å². The Balaban J connectivity index is 2.10. The Morgan fingerprint density at radius 1 is 1.40 bits per heavy atom. The Labute approximate surface area is 121 Å². The molecule has 1 amide bonds. The number of rotatable bonds is 4. The maximum Gasteiger partial charge on any atom is 0.326 e. The number of carboxylic acids is 1. The normalized spacial score (nSPS) is 19.3.